The highest BCUT2D eigenvalue weighted by Crippen LogP contribution is 2.27. The van der Waals surface area contributed by atoms with Crippen LogP contribution in [0.4, 0.5) is 0 Å². The molecule has 0 amide bonds. The second kappa shape index (κ2) is 10.6. The smallest absolute Gasteiger partial charge is 0.123 e. The molecule has 1 fully saturated rings. The molecule has 0 bridgehead atoms. The summed E-state index contributed by atoms with van der Waals surface area (Å²) in [4.78, 5) is 0. The Labute approximate surface area is 148 Å². The molecule has 0 N–H and O–H groups in total. The monoisotopic (exact) mass is 330 g/mol. The predicted molar refractivity (Wildman–Crippen MR) is 102 cm³/mol. The van der Waals surface area contributed by atoms with E-state index in [1.165, 1.54) is 69.8 Å². The zero-order valence-electron chi connectivity index (χ0n) is 15.4. The van der Waals surface area contributed by atoms with Gasteiger partial charge in [-0.3, -0.25) is 0 Å². The number of hydrogen-bond donors (Lipinski definition) is 0. The van der Waals surface area contributed by atoms with Gasteiger partial charge in [0.2, 0.25) is 0 Å². The van der Waals surface area contributed by atoms with Crippen LogP contribution >= 0.6 is 0 Å². The Hall–Kier alpha value is -1.28. The summed E-state index contributed by atoms with van der Waals surface area (Å²) in [5.41, 5.74) is 1.38. The molecule has 1 aliphatic rings. The van der Waals surface area contributed by atoms with Gasteiger partial charge in [0.05, 0.1) is 6.61 Å². The molecule has 1 aliphatic heterocycles. The van der Waals surface area contributed by atoms with Crippen molar-refractivity contribution in [1.29, 1.82) is 0 Å². The van der Waals surface area contributed by atoms with Crippen LogP contribution in [0.5, 0.6) is 5.75 Å². The summed E-state index contributed by atoms with van der Waals surface area (Å²) in [6.07, 6.45) is 15.3. The third kappa shape index (κ3) is 8.01. The quantitative estimate of drug-likeness (QED) is 0.234. The highest BCUT2D eigenvalue weighted by molar-refractivity contribution is 5.27. The van der Waals surface area contributed by atoms with Gasteiger partial charge >= 0.3 is 0 Å². The zero-order chi connectivity index (χ0) is 17.1. The Bertz CT molecular complexity index is 459. The van der Waals surface area contributed by atoms with E-state index < -0.39 is 0 Å². The summed E-state index contributed by atoms with van der Waals surface area (Å²) in [6.45, 7) is 7.33. The van der Waals surface area contributed by atoms with Crippen LogP contribution in [-0.2, 0) is 11.2 Å². The topological polar surface area (TPSA) is 21.8 Å². The van der Waals surface area contributed by atoms with Crippen molar-refractivity contribution in [1.82, 2.24) is 0 Å². The van der Waals surface area contributed by atoms with Crippen LogP contribution in [0.15, 0.2) is 36.9 Å². The Kier molecular flexibility index (Phi) is 8.38. The van der Waals surface area contributed by atoms with Gasteiger partial charge in [-0.25, -0.2) is 0 Å². The molecular weight excluding hydrogens is 296 g/mol. The average molecular weight is 331 g/mol. The van der Waals surface area contributed by atoms with Gasteiger partial charge in [-0.05, 0) is 50.3 Å². The standard InChI is InChI=1S/C22H34O2/c1-3-4-5-6-7-8-9-10-11-12-13-20-14-16-21(17-15-20)23-18-22(2)19-24-22/h3,14-17H,1,4-13,18-19H2,2H3. The number of allylic oxidation sites excluding steroid dienone is 1. The maximum Gasteiger partial charge on any atom is 0.123 e. The molecule has 2 nitrogen and oxygen atoms in total. The lowest BCUT2D eigenvalue weighted by Crippen LogP contribution is -2.16. The van der Waals surface area contributed by atoms with Crippen LogP contribution in [0.1, 0.15) is 70.3 Å². The van der Waals surface area contributed by atoms with E-state index in [-0.39, 0.29) is 5.60 Å². The lowest BCUT2D eigenvalue weighted by Gasteiger charge is -2.09. The molecule has 1 aromatic rings. The lowest BCUT2D eigenvalue weighted by molar-refractivity contribution is 0.202. The van der Waals surface area contributed by atoms with Gasteiger partial charge in [-0.1, -0.05) is 56.7 Å². The maximum absolute atomic E-state index is 5.76. The molecule has 1 aromatic carbocycles. The van der Waals surface area contributed by atoms with Crippen molar-refractivity contribution in [3.05, 3.63) is 42.5 Å². The Morgan fingerprint density at radius 2 is 1.58 bits per heavy atom. The van der Waals surface area contributed by atoms with Gasteiger partial charge in [0.1, 0.15) is 18.0 Å². The van der Waals surface area contributed by atoms with E-state index in [9.17, 15) is 0 Å². The van der Waals surface area contributed by atoms with Crippen molar-refractivity contribution in [2.75, 3.05) is 13.2 Å². The molecule has 1 saturated heterocycles. The first-order chi connectivity index (χ1) is 11.7. The van der Waals surface area contributed by atoms with Crippen LogP contribution in [0.3, 0.4) is 0 Å². The maximum atomic E-state index is 5.76. The molecule has 0 saturated carbocycles. The van der Waals surface area contributed by atoms with Gasteiger partial charge in [-0.2, -0.15) is 0 Å². The molecule has 134 valence electrons. The van der Waals surface area contributed by atoms with Gasteiger partial charge in [-0.15, -0.1) is 6.58 Å². The highest BCUT2D eigenvalue weighted by atomic mass is 16.6. The van der Waals surface area contributed by atoms with Crippen LogP contribution in [0, 0.1) is 0 Å². The summed E-state index contributed by atoms with van der Waals surface area (Å²) in [7, 11) is 0. The van der Waals surface area contributed by atoms with Crippen LogP contribution < -0.4 is 4.74 Å². The zero-order valence-corrected chi connectivity index (χ0v) is 15.4. The molecule has 2 heteroatoms. The number of ether oxygens (including phenoxy) is 2. The normalized spacial score (nSPS) is 19.2. The molecule has 0 aliphatic carbocycles. The van der Waals surface area contributed by atoms with Gasteiger partial charge in [0.15, 0.2) is 0 Å². The van der Waals surface area contributed by atoms with E-state index in [0.29, 0.717) is 6.61 Å². The molecule has 1 heterocycles. The Balaban J connectivity index is 1.46. The van der Waals surface area contributed by atoms with E-state index in [2.05, 4.69) is 37.8 Å². The van der Waals surface area contributed by atoms with E-state index in [4.69, 9.17) is 9.47 Å². The predicted octanol–water partition coefficient (Wildman–Crippen LogP) is 6.09. The van der Waals surface area contributed by atoms with E-state index in [1.807, 2.05) is 6.08 Å². The van der Waals surface area contributed by atoms with E-state index in [1.54, 1.807) is 0 Å². The van der Waals surface area contributed by atoms with Crippen molar-refractivity contribution in [3.63, 3.8) is 0 Å². The number of epoxide rings is 1. The van der Waals surface area contributed by atoms with Crippen LogP contribution in [0.25, 0.3) is 0 Å². The Morgan fingerprint density at radius 3 is 2.17 bits per heavy atom. The minimum Gasteiger partial charge on any atom is -0.491 e. The van der Waals surface area contributed by atoms with Gasteiger partial charge in [0, 0.05) is 0 Å². The molecule has 0 radical (unpaired) electrons. The molecule has 0 spiro atoms. The minimum absolute atomic E-state index is 0.0374. The fraction of sp³-hybridized carbons (Fsp3) is 0.636. The number of unbranched alkanes of at least 4 members (excludes halogenated alkanes) is 8. The summed E-state index contributed by atoms with van der Waals surface area (Å²) < 4.78 is 11.1. The molecule has 0 aromatic heterocycles. The van der Waals surface area contributed by atoms with Crippen molar-refractivity contribution in [3.8, 4) is 5.75 Å². The number of benzene rings is 1. The number of rotatable bonds is 14. The lowest BCUT2D eigenvalue weighted by atomic mass is 10.0. The van der Waals surface area contributed by atoms with E-state index >= 15 is 0 Å². The molecule has 2 rings (SSSR count). The molecule has 1 unspecified atom stereocenters. The summed E-state index contributed by atoms with van der Waals surface area (Å²) in [6, 6.07) is 8.57. The fourth-order valence-electron chi connectivity index (χ4n) is 2.87. The van der Waals surface area contributed by atoms with Crippen molar-refractivity contribution >= 4 is 0 Å². The average Bonchev–Trinajstić information content (AvgIpc) is 3.34. The highest BCUT2D eigenvalue weighted by Gasteiger charge is 2.40. The van der Waals surface area contributed by atoms with Gasteiger partial charge < -0.3 is 9.47 Å². The summed E-state index contributed by atoms with van der Waals surface area (Å²) in [5.74, 6) is 0.951. The molecular formula is C22H34O2. The SMILES string of the molecule is C=CCCCCCCCCCCc1ccc(OCC2(C)CO2)cc1. The van der Waals surface area contributed by atoms with E-state index in [0.717, 1.165) is 12.4 Å². The first kappa shape index (κ1) is 19.1. The van der Waals surface area contributed by atoms with Crippen molar-refractivity contribution < 1.29 is 9.47 Å². The van der Waals surface area contributed by atoms with Crippen LogP contribution in [-0.4, -0.2) is 18.8 Å². The Morgan fingerprint density at radius 1 is 1.00 bits per heavy atom. The first-order valence-electron chi connectivity index (χ1n) is 9.68. The number of aryl methyl sites for hydroxylation is 1. The van der Waals surface area contributed by atoms with Gasteiger partial charge in [0.25, 0.3) is 0 Å². The van der Waals surface area contributed by atoms with Crippen molar-refractivity contribution in [2.45, 2.75) is 76.7 Å². The third-order valence-electron chi connectivity index (χ3n) is 4.73. The largest absolute Gasteiger partial charge is 0.491 e. The third-order valence-corrected chi connectivity index (χ3v) is 4.73. The first-order valence-corrected chi connectivity index (χ1v) is 9.68. The second-order valence-electron chi connectivity index (χ2n) is 7.33. The second-order valence-corrected chi connectivity index (χ2v) is 7.33. The number of hydrogen-bond acceptors (Lipinski definition) is 2. The summed E-state index contributed by atoms with van der Waals surface area (Å²) in [5, 5.41) is 0. The fourth-order valence-corrected chi connectivity index (χ4v) is 2.87. The summed E-state index contributed by atoms with van der Waals surface area (Å²) >= 11 is 0. The molecule has 1 atom stereocenters. The minimum atomic E-state index is -0.0374. The van der Waals surface area contributed by atoms with Crippen LogP contribution in [0.2, 0.25) is 0 Å². The van der Waals surface area contributed by atoms with Crippen molar-refractivity contribution in [2.24, 2.45) is 0 Å². The molecule has 24 heavy (non-hydrogen) atoms.